The monoisotopic (exact) mass is 296 g/mol. The maximum absolute atomic E-state index is 13.7. The molecule has 0 aliphatic carbocycles. The second-order valence-electron chi connectivity index (χ2n) is 4.66. The van der Waals surface area contributed by atoms with E-state index in [2.05, 4.69) is 15.4 Å². The fourth-order valence-corrected chi connectivity index (χ4v) is 2.04. The molecule has 0 unspecified atom stereocenters. The van der Waals surface area contributed by atoms with Gasteiger partial charge in [-0.05, 0) is 18.2 Å². The van der Waals surface area contributed by atoms with Crippen molar-refractivity contribution in [2.45, 2.75) is 6.54 Å². The highest BCUT2D eigenvalue weighted by Crippen LogP contribution is 2.13. The van der Waals surface area contributed by atoms with Gasteiger partial charge in [0.1, 0.15) is 11.6 Å². The molecule has 0 aliphatic heterocycles. The zero-order chi connectivity index (χ0) is 15.4. The Kier molecular flexibility index (Phi) is 3.91. The Bertz CT molecular complexity index is 786. The standard InChI is InChI=1S/C16H13FN4O/c17-14-6-2-1-4-13(14)11-21-15(7-9-19-21)20-16(22)12-5-3-8-18-10-12/h1-10H,11H2,(H,20,22). The number of benzene rings is 1. The summed E-state index contributed by atoms with van der Waals surface area (Å²) in [5.74, 6) is -0.0944. The van der Waals surface area contributed by atoms with Crippen molar-refractivity contribution in [3.63, 3.8) is 0 Å². The van der Waals surface area contributed by atoms with E-state index >= 15 is 0 Å². The Balaban J connectivity index is 1.78. The van der Waals surface area contributed by atoms with Crippen LogP contribution in [-0.4, -0.2) is 20.7 Å². The van der Waals surface area contributed by atoms with Crippen molar-refractivity contribution < 1.29 is 9.18 Å². The lowest BCUT2D eigenvalue weighted by atomic mass is 10.2. The van der Waals surface area contributed by atoms with Crippen molar-refractivity contribution in [1.82, 2.24) is 14.8 Å². The fourth-order valence-electron chi connectivity index (χ4n) is 2.04. The molecule has 3 aromatic rings. The number of amides is 1. The lowest BCUT2D eigenvalue weighted by Gasteiger charge is -2.09. The number of rotatable bonds is 4. The highest BCUT2D eigenvalue weighted by atomic mass is 19.1. The molecule has 110 valence electrons. The van der Waals surface area contributed by atoms with E-state index in [-0.39, 0.29) is 18.3 Å². The largest absolute Gasteiger partial charge is 0.307 e. The molecule has 0 fully saturated rings. The van der Waals surface area contributed by atoms with Gasteiger partial charge in [-0.2, -0.15) is 5.10 Å². The molecule has 0 aliphatic rings. The molecule has 0 radical (unpaired) electrons. The van der Waals surface area contributed by atoms with Crippen LogP contribution >= 0.6 is 0 Å². The summed E-state index contributed by atoms with van der Waals surface area (Å²) in [6.07, 6.45) is 4.63. The van der Waals surface area contributed by atoms with Gasteiger partial charge in [-0.25, -0.2) is 9.07 Å². The molecule has 2 aromatic heterocycles. The van der Waals surface area contributed by atoms with E-state index in [1.807, 2.05) is 0 Å². The van der Waals surface area contributed by atoms with Crippen molar-refractivity contribution in [3.8, 4) is 0 Å². The Labute approximate surface area is 126 Å². The number of carbonyl (C=O) groups excluding carboxylic acids is 1. The minimum atomic E-state index is -0.303. The molecule has 22 heavy (non-hydrogen) atoms. The zero-order valence-electron chi connectivity index (χ0n) is 11.6. The van der Waals surface area contributed by atoms with Gasteiger partial charge < -0.3 is 5.32 Å². The Morgan fingerprint density at radius 3 is 2.77 bits per heavy atom. The Hall–Kier alpha value is -3.02. The van der Waals surface area contributed by atoms with Gasteiger partial charge in [-0.15, -0.1) is 0 Å². The number of aromatic nitrogens is 3. The minimum Gasteiger partial charge on any atom is -0.307 e. The normalized spacial score (nSPS) is 10.4. The number of nitrogens with zero attached hydrogens (tertiary/aromatic N) is 3. The van der Waals surface area contributed by atoms with Crippen LogP contribution < -0.4 is 5.32 Å². The van der Waals surface area contributed by atoms with Gasteiger partial charge in [-0.3, -0.25) is 9.78 Å². The molecule has 6 heteroatoms. The number of pyridine rings is 1. The number of carbonyl (C=O) groups is 1. The summed E-state index contributed by atoms with van der Waals surface area (Å²) in [6.45, 7) is 0.238. The first-order valence-electron chi connectivity index (χ1n) is 6.70. The topological polar surface area (TPSA) is 59.8 Å². The summed E-state index contributed by atoms with van der Waals surface area (Å²) in [5.41, 5.74) is 0.948. The number of nitrogens with one attached hydrogen (secondary N) is 1. The quantitative estimate of drug-likeness (QED) is 0.805. The third-order valence-electron chi connectivity index (χ3n) is 3.16. The van der Waals surface area contributed by atoms with Gasteiger partial charge in [0.05, 0.1) is 18.3 Å². The number of anilines is 1. The van der Waals surface area contributed by atoms with Crippen LogP contribution in [0.15, 0.2) is 61.1 Å². The number of hydrogen-bond acceptors (Lipinski definition) is 3. The van der Waals surface area contributed by atoms with Crippen LogP contribution in [0.1, 0.15) is 15.9 Å². The maximum atomic E-state index is 13.7. The smallest absolute Gasteiger partial charge is 0.258 e. The van der Waals surface area contributed by atoms with Crippen molar-refractivity contribution >= 4 is 11.7 Å². The molecule has 0 spiro atoms. The van der Waals surface area contributed by atoms with E-state index in [0.717, 1.165) is 0 Å². The third kappa shape index (κ3) is 3.01. The molecule has 2 heterocycles. The van der Waals surface area contributed by atoms with Crippen LogP contribution in [0.2, 0.25) is 0 Å². The first kappa shape index (κ1) is 13.9. The molecule has 0 atom stereocenters. The molecule has 0 saturated heterocycles. The zero-order valence-corrected chi connectivity index (χ0v) is 11.6. The molecule has 0 saturated carbocycles. The summed E-state index contributed by atoms with van der Waals surface area (Å²) in [6, 6.07) is 11.5. The number of halogens is 1. The Morgan fingerprint density at radius 2 is 2.00 bits per heavy atom. The predicted molar refractivity (Wildman–Crippen MR) is 79.9 cm³/mol. The lowest BCUT2D eigenvalue weighted by Crippen LogP contribution is -2.16. The minimum absolute atomic E-state index is 0.238. The van der Waals surface area contributed by atoms with E-state index < -0.39 is 0 Å². The van der Waals surface area contributed by atoms with Crippen molar-refractivity contribution in [2.75, 3.05) is 5.32 Å². The van der Waals surface area contributed by atoms with Crippen LogP contribution in [0.25, 0.3) is 0 Å². The van der Waals surface area contributed by atoms with Gasteiger partial charge in [0, 0.05) is 24.0 Å². The summed E-state index contributed by atoms with van der Waals surface area (Å²) >= 11 is 0. The molecule has 3 rings (SSSR count). The van der Waals surface area contributed by atoms with Crippen molar-refractivity contribution in [1.29, 1.82) is 0 Å². The first-order chi connectivity index (χ1) is 10.7. The Morgan fingerprint density at radius 1 is 1.14 bits per heavy atom. The molecule has 1 aromatic carbocycles. The highest BCUT2D eigenvalue weighted by Gasteiger charge is 2.11. The maximum Gasteiger partial charge on any atom is 0.258 e. The van der Waals surface area contributed by atoms with Gasteiger partial charge in [-0.1, -0.05) is 18.2 Å². The van der Waals surface area contributed by atoms with E-state index in [1.165, 1.54) is 16.9 Å². The molecule has 1 amide bonds. The van der Waals surface area contributed by atoms with Crippen LogP contribution in [0.5, 0.6) is 0 Å². The van der Waals surface area contributed by atoms with E-state index in [0.29, 0.717) is 16.9 Å². The van der Waals surface area contributed by atoms with Gasteiger partial charge in [0.2, 0.25) is 0 Å². The molecule has 5 nitrogen and oxygen atoms in total. The molecular weight excluding hydrogens is 283 g/mol. The van der Waals surface area contributed by atoms with Crippen LogP contribution in [0.4, 0.5) is 10.2 Å². The average Bonchev–Trinajstić information content (AvgIpc) is 2.97. The van der Waals surface area contributed by atoms with Crippen LogP contribution in [0, 0.1) is 5.82 Å². The third-order valence-corrected chi connectivity index (χ3v) is 3.16. The SMILES string of the molecule is O=C(Nc1ccnn1Cc1ccccc1F)c1cccnc1. The molecular formula is C16H13FN4O. The van der Waals surface area contributed by atoms with Crippen LogP contribution in [0.3, 0.4) is 0 Å². The van der Waals surface area contributed by atoms with Gasteiger partial charge in [0.25, 0.3) is 5.91 Å². The first-order valence-corrected chi connectivity index (χ1v) is 6.70. The van der Waals surface area contributed by atoms with E-state index in [1.54, 1.807) is 48.8 Å². The second-order valence-corrected chi connectivity index (χ2v) is 4.66. The summed E-state index contributed by atoms with van der Waals surface area (Å²) in [7, 11) is 0. The van der Waals surface area contributed by atoms with Crippen molar-refractivity contribution in [2.24, 2.45) is 0 Å². The van der Waals surface area contributed by atoms with E-state index in [9.17, 15) is 9.18 Å². The summed E-state index contributed by atoms with van der Waals surface area (Å²) in [4.78, 5) is 16.0. The van der Waals surface area contributed by atoms with Gasteiger partial charge in [0.15, 0.2) is 0 Å². The average molecular weight is 296 g/mol. The summed E-state index contributed by atoms with van der Waals surface area (Å²) < 4.78 is 15.2. The predicted octanol–water partition coefficient (Wildman–Crippen LogP) is 2.72. The highest BCUT2D eigenvalue weighted by molar-refractivity contribution is 6.03. The second kappa shape index (κ2) is 6.17. The number of hydrogen-bond donors (Lipinski definition) is 1. The molecule has 1 N–H and O–H groups in total. The fraction of sp³-hybridized carbons (Fsp3) is 0.0625. The lowest BCUT2D eigenvalue weighted by molar-refractivity contribution is 0.102. The van der Waals surface area contributed by atoms with Gasteiger partial charge >= 0.3 is 0 Å². The van der Waals surface area contributed by atoms with Crippen molar-refractivity contribution in [3.05, 3.63) is 78.0 Å². The molecule has 0 bridgehead atoms. The summed E-state index contributed by atoms with van der Waals surface area (Å²) in [5, 5.41) is 6.86. The van der Waals surface area contributed by atoms with E-state index in [4.69, 9.17) is 0 Å². The van der Waals surface area contributed by atoms with Crippen LogP contribution in [-0.2, 0) is 6.54 Å².